The largest absolute Gasteiger partial charge is 0.455 e. The van der Waals surface area contributed by atoms with E-state index in [0.29, 0.717) is 0 Å². The fourth-order valence-electron chi connectivity index (χ4n) is 2.79. The van der Waals surface area contributed by atoms with Gasteiger partial charge in [-0.15, -0.1) is 11.3 Å². The van der Waals surface area contributed by atoms with Crippen molar-refractivity contribution in [1.82, 2.24) is 0 Å². The Bertz CT molecular complexity index is 908. The van der Waals surface area contributed by atoms with Crippen LogP contribution in [0, 0.1) is 0 Å². The van der Waals surface area contributed by atoms with Gasteiger partial charge in [0, 0.05) is 14.7 Å². The molecule has 4 rings (SSSR count). The number of carbonyl (C=O) groups is 2. The Labute approximate surface area is 159 Å². The summed E-state index contributed by atoms with van der Waals surface area (Å²) in [7, 11) is 0. The van der Waals surface area contributed by atoms with Crippen molar-refractivity contribution in [2.24, 2.45) is 0 Å². The quantitative estimate of drug-likeness (QED) is 0.617. The van der Waals surface area contributed by atoms with E-state index in [1.54, 1.807) is 16.7 Å². The molecule has 26 heavy (non-hydrogen) atoms. The molecule has 1 aliphatic rings. The average Bonchev–Trinajstić information content (AvgIpc) is 3.17. The van der Waals surface area contributed by atoms with Gasteiger partial charge < -0.3 is 4.74 Å². The molecule has 0 unspecified atom stereocenters. The summed E-state index contributed by atoms with van der Waals surface area (Å²) in [5.74, 6) is -0.654. The lowest BCUT2D eigenvalue weighted by Crippen LogP contribution is -2.32. The molecule has 2 aromatic carbocycles. The van der Waals surface area contributed by atoms with Gasteiger partial charge >= 0.3 is 5.97 Å². The SMILES string of the molecule is O=C(Cc1cccs1)OCC(=O)N1c2ccccc2Sc2ccccc21. The number of fused-ring (bicyclic) bond motifs is 2. The normalized spacial score (nSPS) is 12.2. The predicted octanol–water partition coefficient (Wildman–Crippen LogP) is 4.66. The molecule has 0 saturated heterocycles. The van der Waals surface area contributed by atoms with E-state index in [1.165, 1.54) is 11.3 Å². The van der Waals surface area contributed by atoms with Gasteiger partial charge in [-0.05, 0) is 35.7 Å². The van der Waals surface area contributed by atoms with Gasteiger partial charge in [-0.25, -0.2) is 0 Å². The van der Waals surface area contributed by atoms with Crippen LogP contribution in [0.2, 0.25) is 0 Å². The maximum atomic E-state index is 12.9. The molecule has 0 bridgehead atoms. The van der Waals surface area contributed by atoms with E-state index in [2.05, 4.69) is 0 Å². The molecule has 6 heteroatoms. The molecule has 0 radical (unpaired) electrons. The molecule has 4 nitrogen and oxygen atoms in total. The highest BCUT2D eigenvalue weighted by Gasteiger charge is 2.28. The third kappa shape index (κ3) is 3.38. The Morgan fingerprint density at radius 1 is 0.885 bits per heavy atom. The molecular formula is C20H15NO3S2. The van der Waals surface area contributed by atoms with E-state index in [0.717, 1.165) is 26.0 Å². The molecule has 0 spiro atoms. The Kier molecular flexibility index (Phi) is 4.77. The van der Waals surface area contributed by atoms with Gasteiger partial charge in [0.2, 0.25) is 0 Å². The number of hydrogen-bond acceptors (Lipinski definition) is 5. The van der Waals surface area contributed by atoms with Gasteiger partial charge in [0.05, 0.1) is 17.8 Å². The van der Waals surface area contributed by atoms with Crippen molar-refractivity contribution in [3.63, 3.8) is 0 Å². The van der Waals surface area contributed by atoms with Gasteiger partial charge in [-0.3, -0.25) is 14.5 Å². The Hall–Kier alpha value is -2.57. The minimum Gasteiger partial charge on any atom is -0.455 e. The second-order valence-electron chi connectivity index (χ2n) is 5.68. The lowest BCUT2D eigenvalue weighted by Gasteiger charge is -2.30. The van der Waals surface area contributed by atoms with Crippen LogP contribution in [0.3, 0.4) is 0 Å². The van der Waals surface area contributed by atoms with Crippen molar-refractivity contribution in [3.05, 3.63) is 70.9 Å². The van der Waals surface area contributed by atoms with E-state index in [1.807, 2.05) is 66.0 Å². The summed E-state index contributed by atoms with van der Waals surface area (Å²) in [5, 5.41) is 1.91. The number of amides is 1. The molecule has 0 N–H and O–H groups in total. The summed E-state index contributed by atoms with van der Waals surface area (Å²) in [6.07, 6.45) is 0.188. The molecule has 1 aromatic heterocycles. The minimum atomic E-state index is -0.395. The van der Waals surface area contributed by atoms with Crippen LogP contribution in [0.25, 0.3) is 0 Å². The molecule has 130 valence electrons. The lowest BCUT2D eigenvalue weighted by atomic mass is 10.2. The van der Waals surface area contributed by atoms with E-state index >= 15 is 0 Å². The first-order valence-electron chi connectivity index (χ1n) is 8.09. The van der Waals surface area contributed by atoms with Crippen LogP contribution in [0.15, 0.2) is 75.8 Å². The zero-order chi connectivity index (χ0) is 17.9. The summed E-state index contributed by atoms with van der Waals surface area (Å²) in [5.41, 5.74) is 1.63. The van der Waals surface area contributed by atoms with Crippen molar-refractivity contribution in [2.45, 2.75) is 16.2 Å². The number of ether oxygens (including phenoxy) is 1. The van der Waals surface area contributed by atoms with E-state index in [9.17, 15) is 9.59 Å². The number of anilines is 2. The highest BCUT2D eigenvalue weighted by Crippen LogP contribution is 2.47. The average molecular weight is 381 g/mol. The third-order valence-electron chi connectivity index (χ3n) is 3.94. The second kappa shape index (κ2) is 7.35. The van der Waals surface area contributed by atoms with E-state index < -0.39 is 5.97 Å². The number of thiophene rings is 1. The monoisotopic (exact) mass is 381 g/mol. The van der Waals surface area contributed by atoms with Crippen molar-refractivity contribution < 1.29 is 14.3 Å². The zero-order valence-corrected chi connectivity index (χ0v) is 15.4. The maximum Gasteiger partial charge on any atom is 0.311 e. The summed E-state index contributed by atoms with van der Waals surface area (Å²) in [6, 6.07) is 19.2. The predicted molar refractivity (Wildman–Crippen MR) is 103 cm³/mol. The topological polar surface area (TPSA) is 46.6 Å². The second-order valence-corrected chi connectivity index (χ2v) is 7.80. The van der Waals surface area contributed by atoms with Crippen LogP contribution in [-0.4, -0.2) is 18.5 Å². The number of nitrogens with zero attached hydrogens (tertiary/aromatic N) is 1. The first kappa shape index (κ1) is 16.9. The molecule has 0 aliphatic carbocycles. The van der Waals surface area contributed by atoms with Crippen LogP contribution in [0.5, 0.6) is 0 Å². The van der Waals surface area contributed by atoms with Gasteiger partial charge in [0.15, 0.2) is 6.61 Å². The van der Waals surface area contributed by atoms with Crippen LogP contribution in [0.1, 0.15) is 4.88 Å². The Balaban J connectivity index is 1.53. The standard InChI is InChI=1S/C20H15NO3S2/c22-19(13-24-20(23)12-14-6-5-11-25-14)21-15-7-1-3-9-17(15)26-18-10-4-2-8-16(18)21/h1-11H,12-13H2. The molecule has 2 heterocycles. The molecule has 0 saturated carbocycles. The smallest absolute Gasteiger partial charge is 0.311 e. The number of para-hydroxylation sites is 2. The Morgan fingerprint density at radius 2 is 1.54 bits per heavy atom. The third-order valence-corrected chi connectivity index (χ3v) is 5.94. The van der Waals surface area contributed by atoms with Gasteiger partial charge in [0.25, 0.3) is 5.91 Å². The molecule has 0 fully saturated rings. The van der Waals surface area contributed by atoms with Crippen LogP contribution in [0.4, 0.5) is 11.4 Å². The first-order valence-corrected chi connectivity index (χ1v) is 9.79. The van der Waals surface area contributed by atoms with E-state index in [-0.39, 0.29) is 18.9 Å². The van der Waals surface area contributed by atoms with Crippen LogP contribution < -0.4 is 4.90 Å². The minimum absolute atomic E-state index is 0.188. The van der Waals surface area contributed by atoms with Crippen LogP contribution in [-0.2, 0) is 20.7 Å². The van der Waals surface area contributed by atoms with E-state index in [4.69, 9.17) is 4.74 Å². The molecule has 1 aliphatic heterocycles. The number of hydrogen-bond donors (Lipinski definition) is 0. The highest BCUT2D eigenvalue weighted by atomic mass is 32.2. The fourth-order valence-corrected chi connectivity index (χ4v) is 4.53. The number of rotatable bonds is 4. The number of esters is 1. The van der Waals surface area contributed by atoms with Gasteiger partial charge in [-0.1, -0.05) is 42.1 Å². The lowest BCUT2D eigenvalue weighted by molar-refractivity contribution is -0.146. The highest BCUT2D eigenvalue weighted by molar-refractivity contribution is 7.99. The molecular weight excluding hydrogens is 366 g/mol. The van der Waals surface area contributed by atoms with Crippen LogP contribution >= 0.6 is 23.1 Å². The summed E-state index contributed by atoms with van der Waals surface area (Å²) in [4.78, 5) is 29.4. The van der Waals surface area contributed by atoms with Gasteiger partial charge in [0.1, 0.15) is 0 Å². The maximum absolute atomic E-state index is 12.9. The summed E-state index contributed by atoms with van der Waals surface area (Å²) >= 11 is 3.13. The summed E-state index contributed by atoms with van der Waals surface area (Å²) < 4.78 is 5.23. The zero-order valence-electron chi connectivity index (χ0n) is 13.8. The molecule has 0 atom stereocenters. The summed E-state index contributed by atoms with van der Waals surface area (Å²) in [6.45, 7) is -0.280. The first-order chi connectivity index (χ1) is 12.7. The number of carbonyl (C=O) groups excluding carboxylic acids is 2. The fraction of sp³-hybridized carbons (Fsp3) is 0.100. The van der Waals surface area contributed by atoms with Crippen molar-refractivity contribution in [1.29, 1.82) is 0 Å². The Morgan fingerprint density at radius 3 is 2.15 bits per heavy atom. The molecule has 1 amide bonds. The van der Waals surface area contributed by atoms with Crippen molar-refractivity contribution in [2.75, 3.05) is 11.5 Å². The van der Waals surface area contributed by atoms with Crippen molar-refractivity contribution >= 4 is 46.3 Å². The number of benzene rings is 2. The van der Waals surface area contributed by atoms with Crippen molar-refractivity contribution in [3.8, 4) is 0 Å². The van der Waals surface area contributed by atoms with Gasteiger partial charge in [-0.2, -0.15) is 0 Å². The molecule has 3 aromatic rings.